The summed E-state index contributed by atoms with van der Waals surface area (Å²) in [6.07, 6.45) is -4.56. The third kappa shape index (κ3) is 3.77. The molecule has 2 aromatic rings. The minimum Gasteiger partial charge on any atom is -0.287 e. The van der Waals surface area contributed by atoms with Crippen molar-refractivity contribution in [3.63, 3.8) is 0 Å². The maximum absolute atomic E-state index is 14.4. The van der Waals surface area contributed by atoms with Gasteiger partial charge in [-0.25, -0.2) is 4.39 Å². The van der Waals surface area contributed by atoms with Crippen LogP contribution in [0.5, 0.6) is 0 Å². The molecular weight excluding hydrogens is 364 g/mol. The zero-order valence-corrected chi connectivity index (χ0v) is 15.1. The summed E-state index contributed by atoms with van der Waals surface area (Å²) in [5, 5.41) is 0. The molecule has 1 unspecified atom stereocenters. The van der Waals surface area contributed by atoms with E-state index < -0.39 is 28.5 Å². The highest BCUT2D eigenvalue weighted by Crippen LogP contribution is 2.26. The van der Waals surface area contributed by atoms with E-state index in [0.29, 0.717) is 4.80 Å². The Balaban J connectivity index is 2.66. The molecule has 2 rings (SSSR count). The molecule has 0 fully saturated rings. The van der Waals surface area contributed by atoms with Gasteiger partial charge in [-0.2, -0.15) is 13.2 Å². The fourth-order valence-electron chi connectivity index (χ4n) is 2.27. The maximum Gasteiger partial charge on any atom is 0.400 e. The Labute approximate surface area is 143 Å². The van der Waals surface area contributed by atoms with Crippen molar-refractivity contribution < 1.29 is 21.8 Å². The minimum atomic E-state index is -4.56. The van der Waals surface area contributed by atoms with Gasteiger partial charge in [-0.05, 0) is 38.5 Å². The van der Waals surface area contributed by atoms with E-state index in [1.807, 2.05) is 6.92 Å². The van der Waals surface area contributed by atoms with Crippen molar-refractivity contribution >= 4 is 22.1 Å². The number of benzene rings is 1. The number of rotatable bonds is 3. The van der Waals surface area contributed by atoms with Crippen LogP contribution < -0.4 is 4.80 Å². The fourth-order valence-corrected chi connectivity index (χ4v) is 4.32. The van der Waals surface area contributed by atoms with Crippen molar-refractivity contribution in [1.82, 2.24) is 4.57 Å². The van der Waals surface area contributed by atoms with E-state index in [-0.39, 0.29) is 16.1 Å². The van der Waals surface area contributed by atoms with Gasteiger partial charge >= 0.3 is 6.18 Å². The lowest BCUT2D eigenvalue weighted by atomic mass is 10.2. The van der Waals surface area contributed by atoms with Crippen LogP contribution in [0.1, 0.15) is 16.1 Å². The van der Waals surface area contributed by atoms with Gasteiger partial charge in [0.2, 0.25) is 0 Å². The minimum absolute atomic E-state index is 0.0264. The summed E-state index contributed by atoms with van der Waals surface area (Å²) in [6, 6.07) is 2.33. The molecule has 1 aromatic carbocycles. The SMILES string of the molecule is CN=c1sc(C)c(C)n1-c1cc(S(=O)CC(F)(F)F)c(C)cc1F. The van der Waals surface area contributed by atoms with Crippen LogP contribution in [0.3, 0.4) is 0 Å². The molecule has 0 spiro atoms. The molecule has 0 amide bonds. The van der Waals surface area contributed by atoms with Crippen LogP contribution in [0.4, 0.5) is 17.6 Å². The van der Waals surface area contributed by atoms with Crippen LogP contribution in [0.2, 0.25) is 0 Å². The highest BCUT2D eigenvalue weighted by molar-refractivity contribution is 7.85. The molecule has 0 saturated carbocycles. The number of aromatic nitrogens is 1. The molecule has 0 N–H and O–H groups in total. The lowest BCUT2D eigenvalue weighted by Crippen LogP contribution is -2.20. The molecule has 1 heterocycles. The quantitative estimate of drug-likeness (QED) is 0.746. The Morgan fingerprint density at radius 2 is 1.88 bits per heavy atom. The molecular formula is C15H16F4N2OS2. The molecule has 0 aliphatic heterocycles. The molecule has 3 nitrogen and oxygen atoms in total. The van der Waals surface area contributed by atoms with E-state index >= 15 is 0 Å². The van der Waals surface area contributed by atoms with Crippen molar-refractivity contribution in [3.05, 3.63) is 38.9 Å². The summed E-state index contributed by atoms with van der Waals surface area (Å²) >= 11 is 1.35. The molecule has 1 atom stereocenters. The molecule has 0 bridgehead atoms. The second-order valence-corrected chi connectivity index (χ2v) is 7.86. The Kier molecular flexibility index (Phi) is 5.34. The van der Waals surface area contributed by atoms with Gasteiger partial charge in [0.1, 0.15) is 11.6 Å². The number of aryl methyl sites for hydroxylation is 2. The highest BCUT2D eigenvalue weighted by atomic mass is 32.2. The first-order chi connectivity index (χ1) is 11.0. The summed E-state index contributed by atoms with van der Waals surface area (Å²) in [4.78, 5) is 5.48. The van der Waals surface area contributed by atoms with Gasteiger partial charge in [-0.3, -0.25) is 13.8 Å². The number of alkyl halides is 3. The van der Waals surface area contributed by atoms with Gasteiger partial charge in [-0.1, -0.05) is 0 Å². The van der Waals surface area contributed by atoms with Gasteiger partial charge < -0.3 is 0 Å². The predicted molar refractivity (Wildman–Crippen MR) is 86.6 cm³/mol. The van der Waals surface area contributed by atoms with E-state index in [1.54, 1.807) is 14.0 Å². The van der Waals surface area contributed by atoms with Crippen LogP contribution in [0.25, 0.3) is 5.69 Å². The van der Waals surface area contributed by atoms with E-state index in [0.717, 1.165) is 16.6 Å². The Morgan fingerprint density at radius 1 is 1.25 bits per heavy atom. The number of halogens is 4. The molecule has 0 aliphatic rings. The average Bonchev–Trinajstić information content (AvgIpc) is 2.73. The van der Waals surface area contributed by atoms with E-state index in [2.05, 4.69) is 4.99 Å². The van der Waals surface area contributed by atoms with Gasteiger partial charge in [0.15, 0.2) is 4.80 Å². The third-order valence-corrected chi connectivity index (χ3v) is 6.17. The van der Waals surface area contributed by atoms with Gasteiger partial charge in [0, 0.05) is 22.5 Å². The van der Waals surface area contributed by atoms with Crippen LogP contribution in [-0.4, -0.2) is 27.8 Å². The smallest absolute Gasteiger partial charge is 0.287 e. The van der Waals surface area contributed by atoms with Crippen molar-refractivity contribution in [2.24, 2.45) is 4.99 Å². The van der Waals surface area contributed by atoms with Crippen molar-refractivity contribution in [2.45, 2.75) is 31.8 Å². The van der Waals surface area contributed by atoms with Gasteiger partial charge in [-0.15, -0.1) is 11.3 Å². The van der Waals surface area contributed by atoms with Crippen molar-refractivity contribution in [2.75, 3.05) is 12.8 Å². The predicted octanol–water partition coefficient (Wildman–Crippen LogP) is 3.80. The Morgan fingerprint density at radius 3 is 2.42 bits per heavy atom. The second-order valence-electron chi connectivity index (χ2n) is 5.26. The van der Waals surface area contributed by atoms with Crippen molar-refractivity contribution in [1.29, 1.82) is 0 Å². The number of thiazole rings is 1. The molecule has 24 heavy (non-hydrogen) atoms. The first-order valence-corrected chi connectivity index (χ1v) is 9.06. The zero-order valence-electron chi connectivity index (χ0n) is 13.5. The Bertz CT molecular complexity index is 866. The fraction of sp³-hybridized carbons (Fsp3) is 0.400. The summed E-state index contributed by atoms with van der Waals surface area (Å²) in [7, 11) is -0.746. The second kappa shape index (κ2) is 6.79. The summed E-state index contributed by atoms with van der Waals surface area (Å²) in [5.74, 6) is -2.06. The molecule has 132 valence electrons. The zero-order chi connectivity index (χ0) is 18.2. The number of hydrogen-bond acceptors (Lipinski definition) is 3. The number of hydrogen-bond donors (Lipinski definition) is 0. The maximum atomic E-state index is 14.4. The van der Waals surface area contributed by atoms with Crippen molar-refractivity contribution in [3.8, 4) is 5.69 Å². The van der Waals surface area contributed by atoms with Crippen LogP contribution in [0.15, 0.2) is 22.0 Å². The summed E-state index contributed by atoms with van der Waals surface area (Å²) in [6.45, 7) is 5.06. The number of nitrogens with zero attached hydrogens (tertiary/aromatic N) is 2. The summed E-state index contributed by atoms with van der Waals surface area (Å²) < 4.78 is 65.6. The lowest BCUT2D eigenvalue weighted by molar-refractivity contribution is -0.105. The van der Waals surface area contributed by atoms with Gasteiger partial charge in [0.25, 0.3) is 0 Å². The third-order valence-electron chi connectivity index (χ3n) is 3.50. The molecule has 0 radical (unpaired) electrons. The van der Waals surface area contributed by atoms with Crippen LogP contribution in [-0.2, 0) is 10.8 Å². The molecule has 0 aliphatic carbocycles. The normalized spacial score (nSPS) is 14.2. The molecule has 1 aromatic heterocycles. The largest absolute Gasteiger partial charge is 0.400 e. The van der Waals surface area contributed by atoms with E-state index in [1.165, 1.54) is 28.9 Å². The topological polar surface area (TPSA) is 34.4 Å². The summed E-state index contributed by atoms with van der Waals surface area (Å²) in [5.41, 5.74) is 1.00. The molecule has 0 saturated heterocycles. The van der Waals surface area contributed by atoms with Gasteiger partial charge in [0.05, 0.1) is 16.5 Å². The Hall–Kier alpha value is -1.48. The first-order valence-electron chi connectivity index (χ1n) is 6.92. The first kappa shape index (κ1) is 18.9. The van der Waals surface area contributed by atoms with E-state index in [9.17, 15) is 21.8 Å². The monoisotopic (exact) mass is 380 g/mol. The average molecular weight is 380 g/mol. The standard InChI is InChI=1S/C15H16F4N2OS2/c1-8-5-11(16)12(6-13(8)24(22)7-15(17,18)19)21-9(2)10(3)23-14(21)20-4/h5-6H,7H2,1-4H3. The molecule has 9 heteroatoms. The van der Waals surface area contributed by atoms with Crippen LogP contribution in [0, 0.1) is 26.6 Å². The highest BCUT2D eigenvalue weighted by Gasteiger charge is 2.32. The van der Waals surface area contributed by atoms with Crippen LogP contribution >= 0.6 is 11.3 Å². The lowest BCUT2D eigenvalue weighted by Gasteiger charge is -2.13. The van der Waals surface area contributed by atoms with E-state index in [4.69, 9.17) is 0 Å².